The molecule has 0 aliphatic carbocycles. The fourth-order valence-electron chi connectivity index (χ4n) is 2.56. The number of carbonyl (C=O) groups is 1. The van der Waals surface area contributed by atoms with Gasteiger partial charge >= 0.3 is 6.18 Å². The molecule has 2 N–H and O–H groups in total. The highest BCUT2D eigenvalue weighted by Gasteiger charge is 2.39. The Morgan fingerprint density at radius 2 is 2.00 bits per heavy atom. The Balaban J connectivity index is 1.68. The van der Waals surface area contributed by atoms with Gasteiger partial charge in [-0.3, -0.25) is 9.89 Å². The van der Waals surface area contributed by atoms with E-state index in [9.17, 15) is 18.0 Å². The first-order valence-electron chi connectivity index (χ1n) is 8.06. The van der Waals surface area contributed by atoms with Crippen molar-refractivity contribution in [3.8, 4) is 11.4 Å². The molecule has 2 aromatic heterocycles. The maximum atomic E-state index is 13.0. The highest BCUT2D eigenvalue weighted by molar-refractivity contribution is 5.96. The number of hydrogen-bond acceptors (Lipinski definition) is 5. The minimum atomic E-state index is -4.72. The lowest BCUT2D eigenvalue weighted by Gasteiger charge is -2.13. The Morgan fingerprint density at radius 1 is 1.30 bits per heavy atom. The molecule has 1 unspecified atom stereocenters. The lowest BCUT2D eigenvalue weighted by molar-refractivity contribution is -0.141. The van der Waals surface area contributed by atoms with E-state index in [1.165, 1.54) is 6.92 Å². The van der Waals surface area contributed by atoms with Crippen LogP contribution in [0.15, 0.2) is 34.9 Å². The molecule has 0 spiro atoms. The number of aromatic nitrogens is 4. The smallest absolute Gasteiger partial charge is 0.349 e. The van der Waals surface area contributed by atoms with E-state index in [1.807, 2.05) is 30.3 Å². The first-order valence-corrected chi connectivity index (χ1v) is 8.06. The number of alkyl halides is 3. The van der Waals surface area contributed by atoms with Crippen molar-refractivity contribution >= 4 is 5.91 Å². The predicted molar refractivity (Wildman–Crippen MR) is 88.7 cm³/mol. The standard InChI is InChI=1S/C17H16F3N5O2/c1-9(8-12-22-15(25-27-12)11-6-4-3-5-7-11)21-16(26)13-10(2)23-24-14(13)17(18,19)20/h3-7,9H,8H2,1-2H3,(H,21,26)(H,23,24). The van der Waals surface area contributed by atoms with Gasteiger partial charge in [0.15, 0.2) is 5.69 Å². The minimum Gasteiger partial charge on any atom is -0.349 e. The Bertz CT molecular complexity index is 934. The van der Waals surface area contributed by atoms with E-state index < -0.39 is 29.4 Å². The van der Waals surface area contributed by atoms with Crippen LogP contribution in [-0.2, 0) is 12.6 Å². The van der Waals surface area contributed by atoms with Gasteiger partial charge in [-0.05, 0) is 13.8 Å². The molecule has 142 valence electrons. The molecule has 0 bridgehead atoms. The maximum absolute atomic E-state index is 13.0. The average Bonchev–Trinajstić information content (AvgIpc) is 3.21. The Hall–Kier alpha value is -3.17. The summed E-state index contributed by atoms with van der Waals surface area (Å²) in [4.78, 5) is 16.5. The number of nitrogens with one attached hydrogen (secondary N) is 2. The van der Waals surface area contributed by atoms with E-state index in [0.29, 0.717) is 5.82 Å². The SMILES string of the molecule is Cc1[nH]nc(C(F)(F)F)c1C(=O)NC(C)Cc1nc(-c2ccccc2)no1. The lowest BCUT2D eigenvalue weighted by Crippen LogP contribution is -2.35. The average molecular weight is 379 g/mol. The van der Waals surface area contributed by atoms with E-state index in [2.05, 4.69) is 25.7 Å². The van der Waals surface area contributed by atoms with Crippen LogP contribution in [0, 0.1) is 6.92 Å². The molecule has 0 aliphatic rings. The van der Waals surface area contributed by atoms with Crippen molar-refractivity contribution in [1.29, 1.82) is 0 Å². The van der Waals surface area contributed by atoms with Crippen molar-refractivity contribution in [2.75, 3.05) is 0 Å². The third-order valence-electron chi connectivity index (χ3n) is 3.80. The molecule has 0 saturated heterocycles. The fraction of sp³-hybridized carbons (Fsp3) is 0.294. The third kappa shape index (κ3) is 4.15. The lowest BCUT2D eigenvalue weighted by atomic mass is 10.1. The normalized spacial score (nSPS) is 12.8. The molecular formula is C17H16F3N5O2. The van der Waals surface area contributed by atoms with Crippen molar-refractivity contribution < 1.29 is 22.5 Å². The summed E-state index contributed by atoms with van der Waals surface area (Å²) < 4.78 is 44.1. The molecule has 2 heterocycles. The second kappa shape index (κ2) is 7.22. The van der Waals surface area contributed by atoms with Crippen molar-refractivity contribution in [1.82, 2.24) is 25.7 Å². The summed E-state index contributed by atoms with van der Waals surface area (Å²) in [5.41, 5.74) is -0.956. The Kier molecular flexibility index (Phi) is 4.98. The van der Waals surface area contributed by atoms with Crippen LogP contribution in [0.4, 0.5) is 13.2 Å². The monoisotopic (exact) mass is 379 g/mol. The Labute approximate surface area is 152 Å². The van der Waals surface area contributed by atoms with Crippen LogP contribution in [0.3, 0.4) is 0 Å². The predicted octanol–water partition coefficient (Wildman–Crippen LogP) is 3.15. The highest BCUT2D eigenvalue weighted by atomic mass is 19.4. The number of amides is 1. The minimum absolute atomic E-state index is 0.0381. The molecule has 1 amide bonds. The van der Waals surface area contributed by atoms with Crippen LogP contribution in [0.25, 0.3) is 11.4 Å². The van der Waals surface area contributed by atoms with E-state index in [-0.39, 0.29) is 18.0 Å². The number of aryl methyl sites for hydroxylation is 1. The molecular weight excluding hydrogens is 363 g/mol. The van der Waals surface area contributed by atoms with Crippen molar-refractivity contribution in [2.24, 2.45) is 0 Å². The number of benzene rings is 1. The summed E-state index contributed by atoms with van der Waals surface area (Å²) in [6.45, 7) is 2.99. The van der Waals surface area contributed by atoms with Crippen LogP contribution in [0.1, 0.15) is 34.6 Å². The number of halogens is 3. The molecule has 10 heteroatoms. The number of H-pyrrole nitrogens is 1. The van der Waals surface area contributed by atoms with Crippen molar-refractivity contribution in [3.05, 3.63) is 53.2 Å². The fourth-order valence-corrected chi connectivity index (χ4v) is 2.56. The summed E-state index contributed by atoms with van der Waals surface area (Å²) >= 11 is 0. The Morgan fingerprint density at radius 3 is 2.67 bits per heavy atom. The van der Waals surface area contributed by atoms with Gasteiger partial charge in [-0.1, -0.05) is 35.5 Å². The number of carbonyl (C=O) groups excluding carboxylic acids is 1. The first kappa shape index (κ1) is 18.6. The third-order valence-corrected chi connectivity index (χ3v) is 3.80. The number of rotatable bonds is 5. The van der Waals surface area contributed by atoms with Gasteiger partial charge < -0.3 is 9.84 Å². The van der Waals surface area contributed by atoms with Gasteiger partial charge in [-0.2, -0.15) is 23.3 Å². The second-order valence-corrected chi connectivity index (χ2v) is 6.03. The van der Waals surface area contributed by atoms with Crippen LogP contribution in [0.2, 0.25) is 0 Å². The van der Waals surface area contributed by atoms with E-state index >= 15 is 0 Å². The summed E-state index contributed by atoms with van der Waals surface area (Å²) in [6.07, 6.45) is -4.55. The first-order chi connectivity index (χ1) is 12.8. The largest absolute Gasteiger partial charge is 0.435 e. The summed E-state index contributed by atoms with van der Waals surface area (Å²) in [7, 11) is 0. The van der Waals surface area contributed by atoms with Gasteiger partial charge in [-0.25, -0.2) is 0 Å². The van der Waals surface area contributed by atoms with Crippen LogP contribution in [-0.4, -0.2) is 32.3 Å². The molecule has 3 rings (SSSR count). The van der Waals surface area contributed by atoms with Crippen molar-refractivity contribution in [2.45, 2.75) is 32.5 Å². The van der Waals surface area contributed by atoms with Gasteiger partial charge in [0.1, 0.15) is 0 Å². The van der Waals surface area contributed by atoms with Crippen LogP contribution in [0.5, 0.6) is 0 Å². The molecule has 7 nitrogen and oxygen atoms in total. The van der Waals surface area contributed by atoms with Crippen LogP contribution >= 0.6 is 0 Å². The highest BCUT2D eigenvalue weighted by Crippen LogP contribution is 2.31. The van der Waals surface area contributed by atoms with Crippen molar-refractivity contribution in [3.63, 3.8) is 0 Å². The van der Waals surface area contributed by atoms with E-state index in [0.717, 1.165) is 5.56 Å². The van der Waals surface area contributed by atoms with Gasteiger partial charge in [0.05, 0.1) is 5.56 Å². The molecule has 0 saturated carbocycles. The van der Waals surface area contributed by atoms with E-state index in [1.54, 1.807) is 6.92 Å². The van der Waals surface area contributed by atoms with Crippen LogP contribution < -0.4 is 5.32 Å². The molecule has 0 aliphatic heterocycles. The molecule has 1 aromatic carbocycles. The van der Waals surface area contributed by atoms with E-state index in [4.69, 9.17) is 4.52 Å². The zero-order valence-electron chi connectivity index (χ0n) is 14.5. The molecule has 0 fully saturated rings. The van der Waals surface area contributed by atoms with Gasteiger partial charge in [0.2, 0.25) is 11.7 Å². The topological polar surface area (TPSA) is 96.7 Å². The van der Waals surface area contributed by atoms with Gasteiger partial charge in [0, 0.05) is 23.7 Å². The zero-order chi connectivity index (χ0) is 19.6. The number of nitrogens with zero attached hydrogens (tertiary/aromatic N) is 3. The molecule has 3 aromatic rings. The number of aromatic amines is 1. The number of hydrogen-bond donors (Lipinski definition) is 2. The maximum Gasteiger partial charge on any atom is 0.435 e. The molecule has 27 heavy (non-hydrogen) atoms. The van der Waals surface area contributed by atoms with Gasteiger partial charge in [-0.15, -0.1) is 0 Å². The summed E-state index contributed by atoms with van der Waals surface area (Å²) in [6, 6.07) is 8.63. The summed E-state index contributed by atoms with van der Waals surface area (Å²) in [5, 5.41) is 11.8. The molecule has 0 radical (unpaired) electrons. The quantitative estimate of drug-likeness (QED) is 0.710. The van der Waals surface area contributed by atoms with Gasteiger partial charge in [0.25, 0.3) is 5.91 Å². The zero-order valence-corrected chi connectivity index (χ0v) is 14.5. The summed E-state index contributed by atoms with van der Waals surface area (Å²) in [5.74, 6) is -0.209. The second-order valence-electron chi connectivity index (χ2n) is 6.03. The molecule has 1 atom stereocenters.